The van der Waals surface area contributed by atoms with Crippen LogP contribution in [0, 0.1) is 11.3 Å². The van der Waals surface area contributed by atoms with Crippen molar-refractivity contribution in [2.24, 2.45) is 0 Å². The first-order chi connectivity index (χ1) is 10.5. The Labute approximate surface area is 144 Å². The molecule has 3 heterocycles. The zero-order valence-electron chi connectivity index (χ0n) is 11.3. The Kier molecular flexibility index (Phi) is 4.04. The average Bonchev–Trinajstić information content (AvgIpc) is 2.84. The molecule has 0 spiro atoms. The van der Waals surface area contributed by atoms with Gasteiger partial charge in [0.25, 0.3) is 0 Å². The lowest BCUT2D eigenvalue weighted by molar-refractivity contribution is 0.568. The number of nitriles is 1. The molecule has 8 heteroatoms. The average molecular weight is 397 g/mol. The van der Waals surface area contributed by atoms with E-state index in [4.69, 9.17) is 23.2 Å². The number of pyridine rings is 2. The molecule has 0 aliphatic carbocycles. The summed E-state index contributed by atoms with van der Waals surface area (Å²) in [6.45, 7) is 1.90. The van der Waals surface area contributed by atoms with Crippen LogP contribution in [0.3, 0.4) is 0 Å². The fraction of sp³-hybridized carbons (Fsp3) is 0.143. The molecule has 0 amide bonds. The van der Waals surface area contributed by atoms with Crippen molar-refractivity contribution in [1.29, 1.82) is 5.26 Å². The summed E-state index contributed by atoms with van der Waals surface area (Å²) in [5.41, 5.74) is 2.16. The van der Waals surface area contributed by atoms with E-state index < -0.39 is 0 Å². The van der Waals surface area contributed by atoms with Crippen LogP contribution >= 0.6 is 39.1 Å². The molecule has 5 nitrogen and oxygen atoms in total. The van der Waals surface area contributed by atoms with Gasteiger partial charge in [-0.3, -0.25) is 14.6 Å². The Morgan fingerprint density at radius 1 is 1.27 bits per heavy atom. The van der Waals surface area contributed by atoms with Crippen LogP contribution in [-0.4, -0.2) is 19.7 Å². The molecule has 1 atom stereocenters. The van der Waals surface area contributed by atoms with Crippen LogP contribution in [0.25, 0.3) is 11.0 Å². The smallest absolute Gasteiger partial charge is 0.188 e. The van der Waals surface area contributed by atoms with Gasteiger partial charge >= 0.3 is 0 Å². The van der Waals surface area contributed by atoms with E-state index in [2.05, 4.69) is 37.1 Å². The van der Waals surface area contributed by atoms with E-state index >= 15 is 0 Å². The molecule has 0 unspecified atom stereocenters. The number of fused-ring (bicyclic) bond motifs is 1. The Bertz CT molecular complexity index is 915. The monoisotopic (exact) mass is 395 g/mol. The highest BCUT2D eigenvalue weighted by Gasteiger charge is 2.20. The van der Waals surface area contributed by atoms with Gasteiger partial charge in [-0.05, 0) is 35.0 Å². The van der Waals surface area contributed by atoms with Crippen molar-refractivity contribution in [1.82, 2.24) is 19.7 Å². The molecule has 3 aromatic rings. The predicted octanol–water partition coefficient (Wildman–Crippen LogP) is 4.38. The summed E-state index contributed by atoms with van der Waals surface area (Å²) in [5, 5.41) is 14.5. The maximum absolute atomic E-state index is 9.22. The van der Waals surface area contributed by atoms with Gasteiger partial charge in [0.2, 0.25) is 0 Å². The molecule has 0 N–H and O–H groups in total. The van der Waals surface area contributed by atoms with Crippen LogP contribution in [0.2, 0.25) is 10.0 Å². The molecular formula is C14H8BrCl2N5. The van der Waals surface area contributed by atoms with Gasteiger partial charge < -0.3 is 0 Å². The number of halogens is 3. The zero-order chi connectivity index (χ0) is 15.9. The lowest BCUT2D eigenvalue weighted by Gasteiger charge is -2.14. The molecule has 0 aromatic carbocycles. The third kappa shape index (κ3) is 2.56. The van der Waals surface area contributed by atoms with Crippen LogP contribution in [-0.2, 0) is 0 Å². The largest absolute Gasteiger partial charge is 0.256 e. The third-order valence-electron chi connectivity index (χ3n) is 3.22. The molecule has 0 aliphatic heterocycles. The Hall–Kier alpha value is -1.68. The first-order valence-electron chi connectivity index (χ1n) is 6.26. The highest BCUT2D eigenvalue weighted by atomic mass is 79.9. The maximum atomic E-state index is 9.22. The third-order valence-corrected chi connectivity index (χ3v) is 4.16. The van der Waals surface area contributed by atoms with Crippen LogP contribution < -0.4 is 0 Å². The van der Waals surface area contributed by atoms with E-state index in [1.54, 1.807) is 16.9 Å². The van der Waals surface area contributed by atoms with Gasteiger partial charge in [-0.25, -0.2) is 0 Å². The van der Waals surface area contributed by atoms with Gasteiger partial charge in [0.15, 0.2) is 5.69 Å². The number of hydrogen-bond acceptors (Lipinski definition) is 4. The summed E-state index contributed by atoms with van der Waals surface area (Å²) in [5.74, 6) is 0. The summed E-state index contributed by atoms with van der Waals surface area (Å²) in [4.78, 5) is 8.54. The summed E-state index contributed by atoms with van der Waals surface area (Å²) in [6, 6.07) is 5.27. The zero-order valence-corrected chi connectivity index (χ0v) is 14.4. The summed E-state index contributed by atoms with van der Waals surface area (Å²) in [6.07, 6.45) is 3.16. The number of nitrogens with zero attached hydrogens (tertiary/aromatic N) is 5. The molecule has 0 fully saturated rings. The van der Waals surface area contributed by atoms with Crippen molar-refractivity contribution in [3.05, 3.63) is 50.4 Å². The molecule has 0 saturated heterocycles. The van der Waals surface area contributed by atoms with Crippen molar-refractivity contribution in [2.45, 2.75) is 13.0 Å². The summed E-state index contributed by atoms with van der Waals surface area (Å²) < 4.78 is 2.49. The van der Waals surface area contributed by atoms with Gasteiger partial charge in [-0.1, -0.05) is 23.2 Å². The van der Waals surface area contributed by atoms with E-state index in [0.717, 1.165) is 9.99 Å². The van der Waals surface area contributed by atoms with Gasteiger partial charge in [0.1, 0.15) is 11.6 Å². The molecule has 0 aliphatic rings. The lowest BCUT2D eigenvalue weighted by Crippen LogP contribution is -2.11. The van der Waals surface area contributed by atoms with Gasteiger partial charge in [0.05, 0.1) is 27.3 Å². The van der Waals surface area contributed by atoms with Crippen LogP contribution in [0.5, 0.6) is 0 Å². The van der Waals surface area contributed by atoms with Gasteiger partial charge in [-0.15, -0.1) is 0 Å². The Balaban J connectivity index is 2.21. The van der Waals surface area contributed by atoms with Gasteiger partial charge in [0, 0.05) is 16.9 Å². The van der Waals surface area contributed by atoms with Crippen LogP contribution in [0.15, 0.2) is 29.0 Å². The van der Waals surface area contributed by atoms with Crippen molar-refractivity contribution < 1.29 is 0 Å². The van der Waals surface area contributed by atoms with E-state index in [1.165, 1.54) is 6.20 Å². The minimum atomic E-state index is -0.273. The standard InChI is InChI=1S/C14H8BrCl2N5/c1-7(13-10(17)3-9(16)6-20-13)22-12-2-8(15)5-19-14(12)11(4-18)21-22/h2-3,5-7H,1H3/t7-/m1/s1. The normalized spacial score (nSPS) is 12.3. The minimum Gasteiger partial charge on any atom is -0.256 e. The van der Waals surface area contributed by atoms with Crippen molar-refractivity contribution in [2.75, 3.05) is 0 Å². The number of rotatable bonds is 2. The van der Waals surface area contributed by atoms with E-state index in [-0.39, 0.29) is 11.7 Å². The topological polar surface area (TPSA) is 67.4 Å². The summed E-state index contributed by atoms with van der Waals surface area (Å²) >= 11 is 15.5. The van der Waals surface area contributed by atoms with Crippen molar-refractivity contribution in [3.63, 3.8) is 0 Å². The van der Waals surface area contributed by atoms with Crippen molar-refractivity contribution in [3.8, 4) is 6.07 Å². The lowest BCUT2D eigenvalue weighted by atomic mass is 10.2. The summed E-state index contributed by atoms with van der Waals surface area (Å²) in [7, 11) is 0. The molecule has 0 bridgehead atoms. The minimum absolute atomic E-state index is 0.263. The Morgan fingerprint density at radius 2 is 2.05 bits per heavy atom. The second-order valence-electron chi connectivity index (χ2n) is 4.62. The van der Waals surface area contributed by atoms with Crippen LogP contribution in [0.4, 0.5) is 0 Å². The quantitative estimate of drug-likeness (QED) is 0.644. The van der Waals surface area contributed by atoms with E-state index in [0.29, 0.717) is 21.3 Å². The number of aromatic nitrogens is 4. The highest BCUT2D eigenvalue weighted by Crippen LogP contribution is 2.29. The highest BCUT2D eigenvalue weighted by molar-refractivity contribution is 9.10. The predicted molar refractivity (Wildman–Crippen MR) is 88.0 cm³/mol. The fourth-order valence-electron chi connectivity index (χ4n) is 2.21. The first kappa shape index (κ1) is 15.2. The molecule has 3 aromatic heterocycles. The van der Waals surface area contributed by atoms with Gasteiger partial charge in [-0.2, -0.15) is 10.4 Å². The first-order valence-corrected chi connectivity index (χ1v) is 7.81. The van der Waals surface area contributed by atoms with Crippen molar-refractivity contribution >= 4 is 50.2 Å². The van der Waals surface area contributed by atoms with Crippen LogP contribution in [0.1, 0.15) is 24.4 Å². The molecule has 3 rings (SSSR count). The van der Waals surface area contributed by atoms with E-state index in [1.807, 2.05) is 13.0 Å². The maximum Gasteiger partial charge on any atom is 0.188 e. The second kappa shape index (κ2) is 5.84. The fourth-order valence-corrected chi connectivity index (χ4v) is 3.07. The SMILES string of the molecule is C[C@H](c1ncc(Cl)cc1Cl)n1nc(C#N)c2ncc(Br)cc21. The molecular weight excluding hydrogens is 389 g/mol. The second-order valence-corrected chi connectivity index (χ2v) is 6.38. The Morgan fingerprint density at radius 3 is 2.73 bits per heavy atom. The molecule has 0 radical (unpaired) electrons. The molecule has 22 heavy (non-hydrogen) atoms. The molecule has 110 valence electrons. The molecule has 0 saturated carbocycles. The number of hydrogen-bond donors (Lipinski definition) is 0. The van der Waals surface area contributed by atoms with E-state index in [9.17, 15) is 5.26 Å².